The molecule has 2 heterocycles. The molecule has 0 saturated carbocycles. The third-order valence-electron chi connectivity index (χ3n) is 1.98. The van der Waals surface area contributed by atoms with Crippen molar-refractivity contribution in [1.29, 1.82) is 0 Å². The number of anilines is 1. The summed E-state index contributed by atoms with van der Waals surface area (Å²) in [6.07, 6.45) is 4.37. The Balaban J connectivity index is 2.23. The van der Waals surface area contributed by atoms with E-state index in [4.69, 9.17) is 4.84 Å². The van der Waals surface area contributed by atoms with E-state index >= 15 is 0 Å². The van der Waals surface area contributed by atoms with Crippen LogP contribution in [0.25, 0.3) is 0 Å². The van der Waals surface area contributed by atoms with Crippen molar-refractivity contribution in [3.8, 4) is 0 Å². The molecule has 0 unspecified atom stereocenters. The van der Waals surface area contributed by atoms with Crippen molar-refractivity contribution in [2.75, 3.05) is 11.6 Å². The molecule has 0 N–H and O–H groups in total. The number of nitrogens with zero attached hydrogens (tertiary/aromatic N) is 2. The van der Waals surface area contributed by atoms with Gasteiger partial charge in [0.15, 0.2) is 0 Å². The molecule has 2 rings (SSSR count). The van der Waals surface area contributed by atoms with Crippen molar-refractivity contribution in [2.45, 2.75) is 13.3 Å². The van der Waals surface area contributed by atoms with Gasteiger partial charge >= 0.3 is 5.97 Å². The highest BCUT2D eigenvalue weighted by molar-refractivity contribution is 5.68. The lowest BCUT2D eigenvalue weighted by Crippen LogP contribution is -2.23. The third-order valence-corrected chi connectivity index (χ3v) is 1.98. The first-order chi connectivity index (χ1) is 6.27. The summed E-state index contributed by atoms with van der Waals surface area (Å²) in [6, 6.07) is 1.94. The molecule has 13 heavy (non-hydrogen) atoms. The van der Waals surface area contributed by atoms with E-state index in [0.29, 0.717) is 0 Å². The number of pyridine rings is 1. The molecule has 1 aromatic rings. The molecule has 1 aliphatic heterocycles. The van der Waals surface area contributed by atoms with E-state index in [1.165, 1.54) is 12.5 Å². The van der Waals surface area contributed by atoms with Crippen LogP contribution in [0.1, 0.15) is 12.5 Å². The number of hydroxylamine groups is 1. The van der Waals surface area contributed by atoms with E-state index in [-0.39, 0.29) is 5.97 Å². The van der Waals surface area contributed by atoms with Gasteiger partial charge in [0, 0.05) is 13.1 Å². The summed E-state index contributed by atoms with van der Waals surface area (Å²) in [4.78, 5) is 19.7. The molecule has 0 fully saturated rings. The molecule has 0 atom stereocenters. The van der Waals surface area contributed by atoms with E-state index in [1.54, 1.807) is 17.5 Å². The molecular weight excluding hydrogens is 168 g/mol. The van der Waals surface area contributed by atoms with Gasteiger partial charge in [-0.05, 0) is 18.1 Å². The number of fused-ring (bicyclic) bond motifs is 1. The van der Waals surface area contributed by atoms with Crippen LogP contribution in [0.5, 0.6) is 0 Å². The summed E-state index contributed by atoms with van der Waals surface area (Å²) in [7, 11) is 0. The third kappa shape index (κ3) is 1.47. The molecule has 1 aromatic heterocycles. The normalized spacial score (nSPS) is 14.1. The Bertz CT molecular complexity index is 338. The van der Waals surface area contributed by atoms with E-state index in [2.05, 4.69) is 4.98 Å². The van der Waals surface area contributed by atoms with Crippen LogP contribution >= 0.6 is 0 Å². The largest absolute Gasteiger partial charge is 0.341 e. The van der Waals surface area contributed by atoms with E-state index < -0.39 is 0 Å². The van der Waals surface area contributed by atoms with Crippen LogP contribution in [0, 0.1) is 0 Å². The van der Waals surface area contributed by atoms with Gasteiger partial charge in [0.25, 0.3) is 0 Å². The van der Waals surface area contributed by atoms with E-state index in [0.717, 1.165) is 18.7 Å². The van der Waals surface area contributed by atoms with Crippen molar-refractivity contribution >= 4 is 11.7 Å². The van der Waals surface area contributed by atoms with Crippen LogP contribution in [0.4, 0.5) is 5.69 Å². The molecule has 0 bridgehead atoms. The zero-order valence-electron chi connectivity index (χ0n) is 7.36. The monoisotopic (exact) mass is 178 g/mol. The van der Waals surface area contributed by atoms with Crippen molar-refractivity contribution in [1.82, 2.24) is 4.98 Å². The fourth-order valence-electron chi connectivity index (χ4n) is 1.44. The predicted octanol–water partition coefficient (Wildman–Crippen LogP) is 0.922. The van der Waals surface area contributed by atoms with E-state index in [9.17, 15) is 4.79 Å². The van der Waals surface area contributed by atoms with Gasteiger partial charge in [0.2, 0.25) is 0 Å². The standard InChI is InChI=1S/C9H10N2O2/c1-7(12)13-11-5-3-8-2-4-10-6-9(8)11/h2,4,6H,3,5H2,1H3. The van der Waals surface area contributed by atoms with Gasteiger partial charge in [-0.2, -0.15) is 0 Å². The first-order valence-electron chi connectivity index (χ1n) is 4.16. The van der Waals surface area contributed by atoms with E-state index in [1.807, 2.05) is 6.07 Å². The molecule has 4 heteroatoms. The lowest BCUT2D eigenvalue weighted by molar-refractivity contribution is -0.142. The summed E-state index contributed by atoms with van der Waals surface area (Å²) in [5.74, 6) is -0.295. The molecule has 1 aliphatic rings. The molecule has 0 aliphatic carbocycles. The second-order valence-electron chi connectivity index (χ2n) is 2.94. The molecule has 0 amide bonds. The molecule has 0 saturated heterocycles. The average molecular weight is 178 g/mol. The van der Waals surface area contributed by atoms with Crippen molar-refractivity contribution < 1.29 is 9.63 Å². The molecular formula is C9H10N2O2. The molecule has 4 nitrogen and oxygen atoms in total. The first-order valence-corrected chi connectivity index (χ1v) is 4.16. The van der Waals surface area contributed by atoms with Crippen molar-refractivity contribution in [2.24, 2.45) is 0 Å². The van der Waals surface area contributed by atoms with Gasteiger partial charge < -0.3 is 4.84 Å². The Hall–Kier alpha value is -1.58. The lowest BCUT2D eigenvalue weighted by atomic mass is 10.2. The summed E-state index contributed by atoms with van der Waals surface area (Å²) in [5.41, 5.74) is 2.08. The van der Waals surface area contributed by atoms with Crippen LogP contribution < -0.4 is 5.06 Å². The Morgan fingerprint density at radius 1 is 1.69 bits per heavy atom. The Labute approximate surface area is 76.1 Å². The highest BCUT2D eigenvalue weighted by Crippen LogP contribution is 2.26. The van der Waals surface area contributed by atoms with Gasteiger partial charge in [-0.1, -0.05) is 0 Å². The Morgan fingerprint density at radius 3 is 3.31 bits per heavy atom. The Morgan fingerprint density at radius 2 is 2.54 bits per heavy atom. The second-order valence-corrected chi connectivity index (χ2v) is 2.94. The summed E-state index contributed by atoms with van der Waals surface area (Å²) in [5, 5.41) is 1.59. The molecule has 0 aromatic carbocycles. The smallest absolute Gasteiger partial charge is 0.329 e. The van der Waals surface area contributed by atoms with Gasteiger partial charge in [0.05, 0.1) is 18.4 Å². The second kappa shape index (κ2) is 3.05. The van der Waals surface area contributed by atoms with Gasteiger partial charge in [-0.25, -0.2) is 5.06 Å². The number of hydrogen-bond acceptors (Lipinski definition) is 4. The summed E-state index contributed by atoms with van der Waals surface area (Å²) >= 11 is 0. The topological polar surface area (TPSA) is 42.4 Å². The van der Waals surface area contributed by atoms with Crippen LogP contribution in [0.15, 0.2) is 18.5 Å². The number of carbonyl (C=O) groups excluding carboxylic acids is 1. The van der Waals surface area contributed by atoms with Crippen LogP contribution in [0.2, 0.25) is 0 Å². The Kier molecular flexibility index (Phi) is 1.88. The fourth-order valence-corrected chi connectivity index (χ4v) is 1.44. The molecule has 0 spiro atoms. The number of aromatic nitrogens is 1. The minimum absolute atomic E-state index is 0.295. The zero-order valence-corrected chi connectivity index (χ0v) is 7.36. The van der Waals surface area contributed by atoms with Crippen molar-refractivity contribution in [3.05, 3.63) is 24.0 Å². The predicted molar refractivity (Wildman–Crippen MR) is 47.1 cm³/mol. The van der Waals surface area contributed by atoms with Crippen LogP contribution in [-0.2, 0) is 16.1 Å². The SMILES string of the molecule is CC(=O)ON1CCc2ccncc21. The van der Waals surface area contributed by atoms with Gasteiger partial charge in [-0.3, -0.25) is 9.78 Å². The lowest BCUT2D eigenvalue weighted by Gasteiger charge is -2.15. The summed E-state index contributed by atoms with van der Waals surface area (Å²) in [6.45, 7) is 2.12. The fraction of sp³-hybridized carbons (Fsp3) is 0.333. The molecule has 68 valence electrons. The maximum Gasteiger partial charge on any atom is 0.329 e. The number of hydrogen-bond donors (Lipinski definition) is 0. The minimum Gasteiger partial charge on any atom is -0.341 e. The zero-order chi connectivity index (χ0) is 9.26. The molecule has 0 radical (unpaired) electrons. The number of rotatable bonds is 1. The van der Waals surface area contributed by atoms with Crippen LogP contribution in [-0.4, -0.2) is 17.5 Å². The number of carbonyl (C=O) groups is 1. The van der Waals surface area contributed by atoms with Crippen molar-refractivity contribution in [3.63, 3.8) is 0 Å². The minimum atomic E-state index is -0.295. The average Bonchev–Trinajstić information content (AvgIpc) is 2.48. The quantitative estimate of drug-likeness (QED) is 0.641. The summed E-state index contributed by atoms with van der Waals surface area (Å²) < 4.78 is 0. The first kappa shape index (κ1) is 8.04. The highest BCUT2D eigenvalue weighted by Gasteiger charge is 2.20. The van der Waals surface area contributed by atoms with Gasteiger partial charge in [-0.15, -0.1) is 0 Å². The maximum absolute atomic E-state index is 10.7. The highest BCUT2D eigenvalue weighted by atomic mass is 16.7. The maximum atomic E-state index is 10.7. The van der Waals surface area contributed by atoms with Crippen LogP contribution in [0.3, 0.4) is 0 Å². The van der Waals surface area contributed by atoms with Gasteiger partial charge in [0.1, 0.15) is 0 Å².